The summed E-state index contributed by atoms with van der Waals surface area (Å²) in [6, 6.07) is 13.2. The van der Waals surface area contributed by atoms with Crippen LogP contribution in [0.2, 0.25) is 5.02 Å². The van der Waals surface area contributed by atoms with Crippen LogP contribution in [0.15, 0.2) is 42.5 Å². The second-order valence-corrected chi connectivity index (χ2v) is 5.53. The van der Waals surface area contributed by atoms with Crippen LogP contribution in [0.4, 0.5) is 4.39 Å². The predicted octanol–water partition coefficient (Wildman–Crippen LogP) is 4.16. The predicted molar refractivity (Wildman–Crippen MR) is 82.8 cm³/mol. The molecule has 0 saturated heterocycles. The van der Waals surface area contributed by atoms with Crippen molar-refractivity contribution >= 4 is 11.6 Å². The summed E-state index contributed by atoms with van der Waals surface area (Å²) in [4.78, 5) is 0. The van der Waals surface area contributed by atoms with Crippen LogP contribution in [0, 0.1) is 12.7 Å². The van der Waals surface area contributed by atoms with E-state index in [2.05, 4.69) is 36.5 Å². The van der Waals surface area contributed by atoms with Gasteiger partial charge in [-0.2, -0.15) is 0 Å². The number of benzene rings is 2. The van der Waals surface area contributed by atoms with Crippen molar-refractivity contribution in [2.75, 3.05) is 7.05 Å². The molecule has 0 aromatic heterocycles. The number of hydrogen-bond donors (Lipinski definition) is 1. The van der Waals surface area contributed by atoms with Crippen molar-refractivity contribution < 1.29 is 4.39 Å². The molecule has 0 fully saturated rings. The SMILES string of the molecule is CNC(Cc1cccc(C)c1)Cc1cc(F)ccc1Cl. The second-order valence-electron chi connectivity index (χ2n) is 5.12. The molecule has 0 amide bonds. The highest BCUT2D eigenvalue weighted by Crippen LogP contribution is 2.20. The van der Waals surface area contributed by atoms with E-state index in [0.717, 1.165) is 12.0 Å². The maximum Gasteiger partial charge on any atom is 0.123 e. The summed E-state index contributed by atoms with van der Waals surface area (Å²) in [5, 5.41) is 3.91. The smallest absolute Gasteiger partial charge is 0.123 e. The molecule has 3 heteroatoms. The quantitative estimate of drug-likeness (QED) is 0.872. The molecule has 106 valence electrons. The first-order chi connectivity index (χ1) is 9.58. The first-order valence-electron chi connectivity index (χ1n) is 6.75. The molecule has 2 rings (SSSR count). The molecule has 0 heterocycles. The van der Waals surface area contributed by atoms with Gasteiger partial charge >= 0.3 is 0 Å². The van der Waals surface area contributed by atoms with Gasteiger partial charge in [-0.05, 0) is 56.1 Å². The number of hydrogen-bond acceptors (Lipinski definition) is 1. The first-order valence-corrected chi connectivity index (χ1v) is 7.13. The third kappa shape index (κ3) is 4.06. The van der Waals surface area contributed by atoms with Crippen molar-refractivity contribution in [3.63, 3.8) is 0 Å². The van der Waals surface area contributed by atoms with Gasteiger partial charge in [0.05, 0.1) is 0 Å². The molecular weight excluding hydrogens is 273 g/mol. The lowest BCUT2D eigenvalue weighted by Crippen LogP contribution is -2.30. The Morgan fingerprint density at radius 3 is 2.65 bits per heavy atom. The zero-order chi connectivity index (χ0) is 14.5. The minimum Gasteiger partial charge on any atom is -0.316 e. The minimum absolute atomic E-state index is 0.232. The molecule has 1 atom stereocenters. The lowest BCUT2D eigenvalue weighted by molar-refractivity contribution is 0.553. The molecule has 1 N–H and O–H groups in total. The Hall–Kier alpha value is -1.38. The highest BCUT2D eigenvalue weighted by Gasteiger charge is 2.11. The highest BCUT2D eigenvalue weighted by molar-refractivity contribution is 6.31. The molecule has 0 bridgehead atoms. The van der Waals surface area contributed by atoms with Crippen LogP contribution >= 0.6 is 11.6 Å². The van der Waals surface area contributed by atoms with Crippen LogP contribution in [-0.2, 0) is 12.8 Å². The Bertz CT molecular complexity index is 583. The van der Waals surface area contributed by atoms with Gasteiger partial charge in [0.25, 0.3) is 0 Å². The van der Waals surface area contributed by atoms with E-state index in [1.54, 1.807) is 6.07 Å². The van der Waals surface area contributed by atoms with Gasteiger partial charge in [0, 0.05) is 11.1 Å². The molecule has 20 heavy (non-hydrogen) atoms. The van der Waals surface area contributed by atoms with Gasteiger partial charge in [-0.1, -0.05) is 41.4 Å². The minimum atomic E-state index is -0.241. The second kappa shape index (κ2) is 6.87. The van der Waals surface area contributed by atoms with Crippen molar-refractivity contribution in [1.82, 2.24) is 5.32 Å². The molecule has 2 aromatic rings. The third-order valence-corrected chi connectivity index (χ3v) is 3.82. The van der Waals surface area contributed by atoms with Crippen molar-refractivity contribution in [1.29, 1.82) is 0 Å². The molecule has 2 aromatic carbocycles. The normalized spacial score (nSPS) is 12.4. The fraction of sp³-hybridized carbons (Fsp3) is 0.294. The zero-order valence-electron chi connectivity index (χ0n) is 11.8. The van der Waals surface area contributed by atoms with Gasteiger partial charge in [-0.25, -0.2) is 4.39 Å². The number of likely N-dealkylation sites (N-methyl/N-ethyl adjacent to an activating group) is 1. The highest BCUT2D eigenvalue weighted by atomic mass is 35.5. The van der Waals surface area contributed by atoms with Gasteiger partial charge < -0.3 is 5.32 Å². The van der Waals surface area contributed by atoms with Crippen LogP contribution in [0.5, 0.6) is 0 Å². The Balaban J connectivity index is 2.11. The van der Waals surface area contributed by atoms with Gasteiger partial charge in [0.1, 0.15) is 5.82 Å². The van der Waals surface area contributed by atoms with E-state index in [-0.39, 0.29) is 11.9 Å². The molecule has 0 spiro atoms. The van der Waals surface area contributed by atoms with E-state index in [1.165, 1.54) is 23.3 Å². The van der Waals surface area contributed by atoms with E-state index in [4.69, 9.17) is 11.6 Å². The fourth-order valence-corrected chi connectivity index (χ4v) is 2.56. The zero-order valence-corrected chi connectivity index (χ0v) is 12.5. The van der Waals surface area contributed by atoms with Gasteiger partial charge in [-0.15, -0.1) is 0 Å². The number of rotatable bonds is 5. The molecule has 1 unspecified atom stereocenters. The Morgan fingerprint density at radius 2 is 1.95 bits per heavy atom. The van der Waals surface area contributed by atoms with E-state index >= 15 is 0 Å². The number of halogens is 2. The van der Waals surface area contributed by atoms with Crippen LogP contribution in [0.3, 0.4) is 0 Å². The van der Waals surface area contributed by atoms with E-state index in [0.29, 0.717) is 11.4 Å². The van der Waals surface area contributed by atoms with Crippen molar-refractivity contribution in [3.05, 3.63) is 70.0 Å². The fourth-order valence-electron chi connectivity index (χ4n) is 2.37. The Morgan fingerprint density at radius 1 is 1.15 bits per heavy atom. The van der Waals surface area contributed by atoms with Gasteiger partial charge in [0.15, 0.2) is 0 Å². The molecule has 0 aliphatic rings. The molecule has 0 aliphatic carbocycles. The summed E-state index contributed by atoms with van der Waals surface area (Å²) in [6.45, 7) is 2.08. The first kappa shape index (κ1) is 15.0. The lowest BCUT2D eigenvalue weighted by atomic mass is 9.98. The van der Waals surface area contributed by atoms with Crippen molar-refractivity contribution in [3.8, 4) is 0 Å². The summed E-state index contributed by atoms with van der Waals surface area (Å²) >= 11 is 6.13. The maximum absolute atomic E-state index is 13.3. The topological polar surface area (TPSA) is 12.0 Å². The summed E-state index contributed by atoms with van der Waals surface area (Å²) in [5.74, 6) is -0.241. The summed E-state index contributed by atoms with van der Waals surface area (Å²) < 4.78 is 13.3. The molecule has 1 nitrogen and oxygen atoms in total. The van der Waals surface area contributed by atoms with Crippen molar-refractivity contribution in [2.45, 2.75) is 25.8 Å². The van der Waals surface area contributed by atoms with Crippen LogP contribution in [0.1, 0.15) is 16.7 Å². The van der Waals surface area contributed by atoms with Crippen LogP contribution in [0.25, 0.3) is 0 Å². The monoisotopic (exact) mass is 291 g/mol. The average Bonchev–Trinajstić information content (AvgIpc) is 2.42. The standard InChI is InChI=1S/C17H19ClFN/c1-12-4-3-5-13(8-12)9-16(20-2)11-14-10-15(19)6-7-17(14)18/h3-8,10,16,20H,9,11H2,1-2H3. The van der Waals surface area contributed by atoms with Gasteiger partial charge in [-0.3, -0.25) is 0 Å². The molecular formula is C17H19ClFN. The summed E-state index contributed by atoms with van der Waals surface area (Å²) in [6.07, 6.45) is 1.60. The average molecular weight is 292 g/mol. The lowest BCUT2D eigenvalue weighted by Gasteiger charge is -2.17. The van der Waals surface area contributed by atoms with E-state index in [1.807, 2.05) is 7.05 Å². The van der Waals surface area contributed by atoms with Crippen LogP contribution in [-0.4, -0.2) is 13.1 Å². The van der Waals surface area contributed by atoms with Crippen molar-refractivity contribution in [2.24, 2.45) is 0 Å². The Kier molecular flexibility index (Phi) is 5.16. The largest absolute Gasteiger partial charge is 0.316 e. The van der Waals surface area contributed by atoms with Crippen LogP contribution < -0.4 is 5.32 Å². The molecule has 0 radical (unpaired) electrons. The van der Waals surface area contributed by atoms with E-state index in [9.17, 15) is 4.39 Å². The van der Waals surface area contributed by atoms with Gasteiger partial charge in [0.2, 0.25) is 0 Å². The maximum atomic E-state index is 13.3. The number of aryl methyl sites for hydroxylation is 1. The summed E-state index contributed by atoms with van der Waals surface area (Å²) in [7, 11) is 1.92. The number of nitrogens with one attached hydrogen (secondary N) is 1. The third-order valence-electron chi connectivity index (χ3n) is 3.45. The Labute approximate surface area is 124 Å². The summed E-state index contributed by atoms with van der Waals surface area (Å²) in [5.41, 5.74) is 3.37. The molecule has 0 saturated carbocycles. The van der Waals surface area contributed by atoms with E-state index < -0.39 is 0 Å². The molecule has 0 aliphatic heterocycles.